The summed E-state index contributed by atoms with van der Waals surface area (Å²) in [5, 5.41) is 53.6. The number of phenolic OH excluding ortho intramolecular Hbond substituents is 3. The van der Waals surface area contributed by atoms with Crippen molar-refractivity contribution >= 4 is 11.6 Å². The van der Waals surface area contributed by atoms with Crippen molar-refractivity contribution in [1.29, 1.82) is 0 Å². The number of hydrogen-bond donors (Lipinski definition) is 5. The van der Waals surface area contributed by atoms with Crippen molar-refractivity contribution in [3.8, 4) is 34.3 Å². The zero-order chi connectivity index (χ0) is 31.7. The number of phenols is 3. The van der Waals surface area contributed by atoms with Gasteiger partial charge >= 0.3 is 0 Å². The number of aromatic nitrogens is 3. The topological polar surface area (TPSA) is 147 Å². The minimum absolute atomic E-state index is 0.0148. The maximum Gasteiger partial charge on any atom is 0.253 e. The molecule has 1 atom stereocenters. The highest BCUT2D eigenvalue weighted by molar-refractivity contribution is 5.94. The third-order valence-electron chi connectivity index (χ3n) is 8.12. The lowest BCUT2D eigenvalue weighted by Crippen LogP contribution is -2.48. The van der Waals surface area contributed by atoms with Crippen molar-refractivity contribution < 1.29 is 25.2 Å². The largest absolute Gasteiger partial charge is 0.508 e. The average Bonchev–Trinajstić information content (AvgIpc) is 3.44. The van der Waals surface area contributed by atoms with Gasteiger partial charge in [0.2, 0.25) is 0 Å². The Morgan fingerprint density at radius 3 is 2.11 bits per heavy atom. The number of nitrogens with zero attached hydrogens (tertiary/aromatic N) is 5. The SMILES string of the molecule is CCNC(O)c1nnc(-c2cc(C(C)C)c(O)cc2O)n1-c1ccc(C(=O)N2CCN(c3cc(C)c(O)c(C)c3)CC2)cc1. The Morgan fingerprint density at radius 2 is 1.52 bits per heavy atom. The summed E-state index contributed by atoms with van der Waals surface area (Å²) in [5.74, 6) is 0.531. The first-order valence-electron chi connectivity index (χ1n) is 14.9. The van der Waals surface area contributed by atoms with E-state index in [0.29, 0.717) is 60.9 Å². The van der Waals surface area contributed by atoms with E-state index in [-0.39, 0.29) is 35.0 Å². The number of nitrogens with one attached hydrogen (secondary N) is 1. The van der Waals surface area contributed by atoms with Gasteiger partial charge in [0.05, 0.1) is 5.56 Å². The van der Waals surface area contributed by atoms with Gasteiger partial charge in [-0.25, -0.2) is 0 Å². The van der Waals surface area contributed by atoms with Crippen LogP contribution in [0.15, 0.2) is 48.5 Å². The highest BCUT2D eigenvalue weighted by atomic mass is 16.3. The molecule has 44 heavy (non-hydrogen) atoms. The van der Waals surface area contributed by atoms with Crippen LogP contribution in [0.2, 0.25) is 0 Å². The molecule has 0 saturated carbocycles. The van der Waals surface area contributed by atoms with Gasteiger partial charge in [0.15, 0.2) is 17.9 Å². The van der Waals surface area contributed by atoms with Crippen molar-refractivity contribution in [2.24, 2.45) is 0 Å². The normalized spacial score (nSPS) is 14.3. The second kappa shape index (κ2) is 12.6. The number of piperazine rings is 1. The first kappa shape index (κ1) is 30.8. The Bertz CT molecular complexity index is 1640. The summed E-state index contributed by atoms with van der Waals surface area (Å²) in [6.07, 6.45) is -1.14. The van der Waals surface area contributed by atoms with E-state index in [4.69, 9.17) is 0 Å². The minimum atomic E-state index is -1.14. The van der Waals surface area contributed by atoms with Crippen LogP contribution in [0.5, 0.6) is 17.2 Å². The van der Waals surface area contributed by atoms with Crippen molar-refractivity contribution in [2.75, 3.05) is 37.6 Å². The zero-order valence-electron chi connectivity index (χ0n) is 25.7. The van der Waals surface area contributed by atoms with Crippen molar-refractivity contribution in [3.05, 3.63) is 76.6 Å². The molecule has 11 nitrogen and oxygen atoms in total. The van der Waals surface area contributed by atoms with Crippen LogP contribution in [0.4, 0.5) is 5.69 Å². The lowest BCUT2D eigenvalue weighted by atomic mass is 9.98. The Balaban J connectivity index is 1.41. The van der Waals surface area contributed by atoms with E-state index < -0.39 is 6.23 Å². The van der Waals surface area contributed by atoms with Gasteiger partial charge in [0, 0.05) is 49.2 Å². The van der Waals surface area contributed by atoms with Crippen LogP contribution < -0.4 is 10.2 Å². The Kier molecular flexibility index (Phi) is 8.80. The fraction of sp³-hybridized carbons (Fsp3) is 0.364. The smallest absolute Gasteiger partial charge is 0.253 e. The molecule has 0 bridgehead atoms. The quantitative estimate of drug-likeness (QED) is 0.186. The van der Waals surface area contributed by atoms with Gasteiger partial charge in [0.25, 0.3) is 5.91 Å². The van der Waals surface area contributed by atoms with E-state index in [1.165, 1.54) is 6.07 Å². The summed E-state index contributed by atoms with van der Waals surface area (Å²) in [4.78, 5) is 17.5. The van der Waals surface area contributed by atoms with Gasteiger partial charge in [-0.1, -0.05) is 20.8 Å². The number of benzene rings is 3. The Labute approximate surface area is 257 Å². The van der Waals surface area contributed by atoms with Crippen LogP contribution in [-0.4, -0.2) is 78.7 Å². The predicted octanol–water partition coefficient (Wildman–Crippen LogP) is 4.35. The molecule has 0 radical (unpaired) electrons. The number of amides is 1. The van der Waals surface area contributed by atoms with Crippen LogP contribution >= 0.6 is 0 Å². The third kappa shape index (κ3) is 5.93. The summed E-state index contributed by atoms with van der Waals surface area (Å²) < 4.78 is 1.64. The van der Waals surface area contributed by atoms with Gasteiger partial charge in [-0.05, 0) is 85.5 Å². The number of hydrogen-bond acceptors (Lipinski definition) is 9. The van der Waals surface area contributed by atoms with Crippen LogP contribution in [0.25, 0.3) is 17.1 Å². The molecular formula is C33H40N6O5. The molecule has 11 heteroatoms. The minimum Gasteiger partial charge on any atom is -0.508 e. The summed E-state index contributed by atoms with van der Waals surface area (Å²) in [5.41, 5.74) is 4.80. The van der Waals surface area contributed by atoms with Crippen molar-refractivity contribution in [2.45, 2.75) is 46.8 Å². The van der Waals surface area contributed by atoms with E-state index in [2.05, 4.69) is 20.4 Å². The lowest BCUT2D eigenvalue weighted by molar-refractivity contribution is 0.0746. The van der Waals surface area contributed by atoms with Crippen molar-refractivity contribution in [3.63, 3.8) is 0 Å². The molecule has 232 valence electrons. The zero-order valence-corrected chi connectivity index (χ0v) is 25.7. The number of aliphatic hydroxyl groups is 1. The lowest BCUT2D eigenvalue weighted by Gasteiger charge is -2.36. The summed E-state index contributed by atoms with van der Waals surface area (Å²) in [6, 6.07) is 13.9. The van der Waals surface area contributed by atoms with Crippen LogP contribution in [0.1, 0.15) is 65.8 Å². The molecule has 5 N–H and O–H groups in total. The second-order valence-corrected chi connectivity index (χ2v) is 11.5. The standard InChI is InChI=1S/C33H40N6O5/c1-6-34-32(43)31-36-35-30(26-17-25(19(2)3)27(40)18-28(26)41)39(31)23-9-7-22(8-10-23)33(44)38-13-11-37(12-14-38)24-15-20(4)29(42)21(5)16-24/h7-10,15-19,32,34,40-43H,6,11-14H2,1-5H3. The number of aliphatic hydroxyl groups excluding tert-OH is 1. The average molecular weight is 601 g/mol. The van der Waals surface area contributed by atoms with Gasteiger partial charge in [0.1, 0.15) is 17.2 Å². The van der Waals surface area contributed by atoms with Crippen LogP contribution in [-0.2, 0) is 0 Å². The monoisotopic (exact) mass is 600 g/mol. The molecule has 0 spiro atoms. The van der Waals surface area contributed by atoms with E-state index in [0.717, 1.165) is 16.8 Å². The molecule has 1 saturated heterocycles. The first-order valence-corrected chi connectivity index (χ1v) is 14.9. The molecule has 1 fully saturated rings. The van der Waals surface area contributed by atoms with E-state index >= 15 is 0 Å². The van der Waals surface area contributed by atoms with E-state index in [9.17, 15) is 25.2 Å². The highest BCUT2D eigenvalue weighted by Crippen LogP contribution is 2.38. The summed E-state index contributed by atoms with van der Waals surface area (Å²) in [6.45, 7) is 12.5. The maximum absolute atomic E-state index is 13.5. The van der Waals surface area contributed by atoms with Crippen LogP contribution in [0.3, 0.4) is 0 Å². The van der Waals surface area contributed by atoms with Crippen LogP contribution in [0, 0.1) is 13.8 Å². The third-order valence-corrected chi connectivity index (χ3v) is 8.12. The second-order valence-electron chi connectivity index (χ2n) is 11.5. The highest BCUT2D eigenvalue weighted by Gasteiger charge is 2.26. The molecule has 4 aromatic rings. The number of rotatable bonds is 8. The molecule has 1 aliphatic rings. The van der Waals surface area contributed by atoms with E-state index in [1.807, 2.05) is 51.7 Å². The summed E-state index contributed by atoms with van der Waals surface area (Å²) >= 11 is 0. The Morgan fingerprint density at radius 1 is 0.886 bits per heavy atom. The maximum atomic E-state index is 13.5. The molecule has 5 rings (SSSR count). The number of carbonyl (C=O) groups is 1. The molecule has 1 amide bonds. The molecule has 1 unspecified atom stereocenters. The Hall–Kier alpha value is -4.61. The first-order chi connectivity index (χ1) is 21.0. The molecule has 2 heterocycles. The predicted molar refractivity (Wildman–Crippen MR) is 169 cm³/mol. The number of aromatic hydroxyl groups is 3. The molecular weight excluding hydrogens is 560 g/mol. The number of carbonyl (C=O) groups excluding carboxylic acids is 1. The fourth-order valence-corrected chi connectivity index (χ4v) is 5.64. The molecule has 3 aromatic carbocycles. The summed E-state index contributed by atoms with van der Waals surface area (Å²) in [7, 11) is 0. The molecule has 0 aliphatic carbocycles. The van der Waals surface area contributed by atoms with E-state index in [1.54, 1.807) is 34.9 Å². The molecule has 1 aliphatic heterocycles. The van der Waals surface area contributed by atoms with Crippen molar-refractivity contribution in [1.82, 2.24) is 25.0 Å². The van der Waals surface area contributed by atoms with Gasteiger partial charge in [-0.3, -0.25) is 14.7 Å². The van der Waals surface area contributed by atoms with Gasteiger partial charge in [-0.15, -0.1) is 10.2 Å². The van der Waals surface area contributed by atoms with Gasteiger partial charge < -0.3 is 30.2 Å². The fourth-order valence-electron chi connectivity index (χ4n) is 5.64. The number of aryl methyl sites for hydroxylation is 2. The molecule has 1 aromatic heterocycles. The number of anilines is 1. The van der Waals surface area contributed by atoms with Gasteiger partial charge in [-0.2, -0.15) is 0 Å².